The highest BCUT2D eigenvalue weighted by molar-refractivity contribution is 5.91. The molecule has 4 N–H and O–H groups in total. The third-order valence-corrected chi connectivity index (χ3v) is 3.10. The van der Waals surface area contributed by atoms with E-state index in [0.29, 0.717) is 19.4 Å². The van der Waals surface area contributed by atoms with Crippen molar-refractivity contribution in [1.82, 2.24) is 10.2 Å². The number of carbonyl (C=O) groups excluding carboxylic acids is 2. The van der Waals surface area contributed by atoms with Gasteiger partial charge >= 0.3 is 12.0 Å². The summed E-state index contributed by atoms with van der Waals surface area (Å²) in [7, 11) is 0. The number of amides is 3. The lowest BCUT2D eigenvalue weighted by Gasteiger charge is -2.33. The quantitative estimate of drug-likeness (QED) is 0.620. The topological polar surface area (TPSA) is 113 Å². The highest BCUT2D eigenvalue weighted by Crippen LogP contribution is 2.29. The van der Waals surface area contributed by atoms with E-state index in [1.807, 2.05) is 0 Å². The molecule has 1 rings (SSSR count). The van der Waals surface area contributed by atoms with Crippen molar-refractivity contribution in [1.29, 1.82) is 0 Å². The molecule has 1 aliphatic heterocycles. The lowest BCUT2D eigenvalue weighted by Crippen LogP contribution is -2.56. The second kappa shape index (κ2) is 4.60. The van der Waals surface area contributed by atoms with Gasteiger partial charge in [0.1, 0.15) is 11.6 Å². The Bertz CT molecular complexity index is 357. The van der Waals surface area contributed by atoms with Gasteiger partial charge in [0, 0.05) is 6.54 Å². The van der Waals surface area contributed by atoms with Gasteiger partial charge in [0.05, 0.1) is 0 Å². The van der Waals surface area contributed by atoms with Crippen LogP contribution in [0.2, 0.25) is 0 Å². The fraction of sp³-hybridized carbons (Fsp3) is 0.700. The van der Waals surface area contributed by atoms with Gasteiger partial charge in [-0.3, -0.25) is 4.79 Å². The minimum atomic E-state index is -1.19. The zero-order valence-electron chi connectivity index (χ0n) is 9.90. The van der Waals surface area contributed by atoms with Gasteiger partial charge in [0.15, 0.2) is 0 Å². The molecule has 0 aromatic carbocycles. The molecule has 1 fully saturated rings. The normalized spacial score (nSPS) is 25.4. The first kappa shape index (κ1) is 13.3. The number of rotatable bonds is 3. The highest BCUT2D eigenvalue weighted by atomic mass is 16.4. The van der Waals surface area contributed by atoms with Crippen molar-refractivity contribution in [2.45, 2.75) is 38.3 Å². The van der Waals surface area contributed by atoms with Crippen molar-refractivity contribution in [3.63, 3.8) is 0 Å². The van der Waals surface area contributed by atoms with Gasteiger partial charge in [-0.2, -0.15) is 0 Å². The average Bonchev–Trinajstić information content (AvgIpc) is 2.59. The SMILES string of the molecule is CC(NC(N)=O)C(=O)N1CCCC1(C)C(=O)O. The predicted molar refractivity (Wildman–Crippen MR) is 59.2 cm³/mol. The molecule has 0 bridgehead atoms. The lowest BCUT2D eigenvalue weighted by molar-refractivity contribution is -0.155. The Morgan fingerprint density at radius 1 is 1.47 bits per heavy atom. The number of primary amides is 1. The largest absolute Gasteiger partial charge is 0.480 e. The van der Waals surface area contributed by atoms with E-state index in [4.69, 9.17) is 10.8 Å². The van der Waals surface area contributed by atoms with Gasteiger partial charge in [0.25, 0.3) is 0 Å². The van der Waals surface area contributed by atoms with E-state index in [2.05, 4.69) is 5.32 Å². The van der Waals surface area contributed by atoms with Crippen molar-refractivity contribution in [3.05, 3.63) is 0 Å². The van der Waals surface area contributed by atoms with Crippen LogP contribution in [-0.4, -0.2) is 46.0 Å². The molecule has 96 valence electrons. The molecular formula is C10H17N3O4. The van der Waals surface area contributed by atoms with Crippen molar-refractivity contribution < 1.29 is 19.5 Å². The van der Waals surface area contributed by atoms with E-state index >= 15 is 0 Å². The Morgan fingerprint density at radius 2 is 2.06 bits per heavy atom. The summed E-state index contributed by atoms with van der Waals surface area (Å²) in [6, 6.07) is -1.62. The number of hydrogen-bond donors (Lipinski definition) is 3. The second-order valence-corrected chi connectivity index (χ2v) is 4.40. The first-order valence-corrected chi connectivity index (χ1v) is 5.40. The molecule has 7 nitrogen and oxygen atoms in total. The van der Waals surface area contributed by atoms with Gasteiger partial charge in [-0.15, -0.1) is 0 Å². The van der Waals surface area contributed by atoms with Crippen molar-refractivity contribution in [2.24, 2.45) is 5.73 Å². The van der Waals surface area contributed by atoms with Gasteiger partial charge in [-0.1, -0.05) is 0 Å². The zero-order valence-corrected chi connectivity index (χ0v) is 9.90. The number of nitrogens with zero attached hydrogens (tertiary/aromatic N) is 1. The van der Waals surface area contributed by atoms with Gasteiger partial charge < -0.3 is 21.1 Å². The van der Waals surface area contributed by atoms with E-state index < -0.39 is 29.5 Å². The monoisotopic (exact) mass is 243 g/mol. The van der Waals surface area contributed by atoms with Gasteiger partial charge in [-0.05, 0) is 26.7 Å². The Kier molecular flexibility index (Phi) is 3.59. The van der Waals surface area contributed by atoms with Crippen LogP contribution in [0.5, 0.6) is 0 Å². The Hall–Kier alpha value is -1.79. The van der Waals surface area contributed by atoms with Crippen LogP contribution in [0.15, 0.2) is 0 Å². The van der Waals surface area contributed by atoms with Crippen LogP contribution in [0, 0.1) is 0 Å². The fourth-order valence-corrected chi connectivity index (χ4v) is 2.05. The van der Waals surface area contributed by atoms with Crippen LogP contribution in [0.25, 0.3) is 0 Å². The van der Waals surface area contributed by atoms with Crippen LogP contribution in [0.4, 0.5) is 4.79 Å². The summed E-state index contributed by atoms with van der Waals surface area (Å²) in [4.78, 5) is 35.1. The first-order valence-electron chi connectivity index (χ1n) is 5.40. The van der Waals surface area contributed by atoms with Crippen LogP contribution >= 0.6 is 0 Å². The molecule has 1 heterocycles. The van der Waals surface area contributed by atoms with E-state index in [1.165, 1.54) is 18.7 Å². The molecule has 0 aromatic heterocycles. The summed E-state index contributed by atoms with van der Waals surface area (Å²) < 4.78 is 0. The molecule has 1 aliphatic rings. The molecule has 0 radical (unpaired) electrons. The van der Waals surface area contributed by atoms with Crippen molar-refractivity contribution in [2.75, 3.05) is 6.54 Å². The first-order chi connectivity index (χ1) is 7.79. The summed E-state index contributed by atoms with van der Waals surface area (Å²) in [5, 5.41) is 11.4. The summed E-state index contributed by atoms with van der Waals surface area (Å²) >= 11 is 0. The molecule has 7 heteroatoms. The van der Waals surface area contributed by atoms with Crippen LogP contribution in [0.1, 0.15) is 26.7 Å². The molecule has 0 spiro atoms. The smallest absolute Gasteiger partial charge is 0.329 e. The fourth-order valence-electron chi connectivity index (χ4n) is 2.05. The Balaban J connectivity index is 2.81. The predicted octanol–water partition coefficient (Wildman–Crippen LogP) is -0.491. The number of carbonyl (C=O) groups is 3. The van der Waals surface area contributed by atoms with E-state index in [-0.39, 0.29) is 0 Å². The highest BCUT2D eigenvalue weighted by Gasteiger charge is 2.46. The maximum Gasteiger partial charge on any atom is 0.329 e. The number of carboxylic acid groups (broad SMARTS) is 1. The third kappa shape index (κ3) is 2.48. The minimum Gasteiger partial charge on any atom is -0.480 e. The summed E-state index contributed by atoms with van der Waals surface area (Å²) in [5.41, 5.74) is 3.73. The number of likely N-dealkylation sites (tertiary alicyclic amines) is 1. The van der Waals surface area contributed by atoms with Crippen molar-refractivity contribution >= 4 is 17.9 Å². The second-order valence-electron chi connectivity index (χ2n) is 4.40. The molecule has 17 heavy (non-hydrogen) atoms. The number of hydrogen-bond acceptors (Lipinski definition) is 3. The number of carboxylic acids is 1. The summed E-state index contributed by atoms with van der Waals surface area (Å²) in [6.45, 7) is 3.37. The number of aliphatic carboxylic acids is 1. The minimum absolute atomic E-state index is 0.381. The van der Waals surface area contributed by atoms with E-state index in [1.54, 1.807) is 0 Å². The van der Waals surface area contributed by atoms with E-state index in [9.17, 15) is 14.4 Å². The lowest BCUT2D eigenvalue weighted by atomic mass is 9.99. The number of nitrogens with two attached hydrogens (primary N) is 1. The average molecular weight is 243 g/mol. The summed E-state index contributed by atoms with van der Waals surface area (Å²) in [5.74, 6) is -1.46. The Morgan fingerprint density at radius 3 is 2.53 bits per heavy atom. The van der Waals surface area contributed by atoms with Gasteiger partial charge in [0.2, 0.25) is 5.91 Å². The molecule has 0 aliphatic carbocycles. The maximum absolute atomic E-state index is 12.0. The van der Waals surface area contributed by atoms with Crippen LogP contribution < -0.4 is 11.1 Å². The van der Waals surface area contributed by atoms with Crippen LogP contribution in [-0.2, 0) is 9.59 Å². The summed E-state index contributed by atoms with van der Waals surface area (Å²) in [6.07, 6.45) is 1.05. The number of nitrogens with one attached hydrogen (secondary N) is 1. The molecule has 0 saturated carbocycles. The molecule has 2 atom stereocenters. The van der Waals surface area contributed by atoms with E-state index in [0.717, 1.165) is 0 Å². The maximum atomic E-state index is 12.0. The van der Waals surface area contributed by atoms with Crippen molar-refractivity contribution in [3.8, 4) is 0 Å². The van der Waals surface area contributed by atoms with Gasteiger partial charge in [-0.25, -0.2) is 9.59 Å². The van der Waals surface area contributed by atoms with Crippen LogP contribution in [0.3, 0.4) is 0 Å². The number of urea groups is 1. The Labute approximate surface area is 98.9 Å². The molecule has 0 aromatic rings. The zero-order chi connectivity index (χ0) is 13.2. The standard InChI is InChI=1S/C10H17N3O4/c1-6(12-9(11)17)7(14)13-5-3-4-10(13,2)8(15)16/h6H,3-5H2,1-2H3,(H,15,16)(H3,11,12,17). The molecule has 1 saturated heterocycles. The molecule has 2 unspecified atom stereocenters. The third-order valence-electron chi connectivity index (χ3n) is 3.10. The molecule has 3 amide bonds. The molecular weight excluding hydrogens is 226 g/mol.